The summed E-state index contributed by atoms with van der Waals surface area (Å²) in [6.45, 7) is 19.1. The fourth-order valence-corrected chi connectivity index (χ4v) is 6.42. The van der Waals surface area contributed by atoms with Crippen molar-refractivity contribution in [1.29, 1.82) is 0 Å². The summed E-state index contributed by atoms with van der Waals surface area (Å²) in [6.07, 6.45) is 0.268. The second kappa shape index (κ2) is 34.1. The minimum atomic E-state index is -1.46. The van der Waals surface area contributed by atoms with Crippen LogP contribution in [0.25, 0.3) is 11.1 Å². The molecule has 0 aromatic heterocycles. The Morgan fingerprint density at radius 1 is 0.458 bits per heavy atom. The van der Waals surface area contributed by atoms with Gasteiger partial charge in [-0.05, 0) is 48.3 Å². The molecule has 1 aliphatic rings. The third-order valence-corrected chi connectivity index (χ3v) is 9.63. The van der Waals surface area contributed by atoms with Gasteiger partial charge < -0.3 is 66.6 Å². The molecule has 0 spiro atoms. The number of carbonyl (C=O) groups is 1. The number of amides is 1. The van der Waals surface area contributed by atoms with E-state index in [1.807, 2.05) is 24.3 Å². The van der Waals surface area contributed by atoms with Crippen molar-refractivity contribution >= 4 is 14.4 Å². The van der Waals surface area contributed by atoms with Gasteiger partial charge in [0.15, 0.2) is 8.32 Å². The number of hydrogen-bond donors (Lipinski definition) is 1. The number of hydrogen-bond acceptors (Lipinski definition) is 14. The fraction of sp³-hybridized carbons (Fsp3) is 0.698. The minimum absolute atomic E-state index is 0.0484. The fourth-order valence-electron chi connectivity index (χ4n) is 5.72. The molecular formula is C43H71NO14Si. The van der Waals surface area contributed by atoms with Gasteiger partial charge in [-0.3, -0.25) is 0 Å². The van der Waals surface area contributed by atoms with Crippen LogP contribution in [0.15, 0.2) is 48.5 Å². The molecule has 59 heavy (non-hydrogen) atoms. The van der Waals surface area contributed by atoms with Crippen molar-refractivity contribution in [3.63, 3.8) is 0 Å². The molecule has 16 heteroatoms. The van der Waals surface area contributed by atoms with E-state index in [4.69, 9.17) is 61.3 Å². The molecule has 0 unspecified atom stereocenters. The quantitative estimate of drug-likeness (QED) is 0.0712. The molecule has 0 saturated carbocycles. The van der Waals surface area contributed by atoms with Gasteiger partial charge in [-0.25, -0.2) is 4.79 Å². The third-order valence-electron chi connectivity index (χ3n) is 8.56. The van der Waals surface area contributed by atoms with Gasteiger partial charge in [0, 0.05) is 19.1 Å². The van der Waals surface area contributed by atoms with Crippen molar-refractivity contribution in [1.82, 2.24) is 5.32 Å². The Morgan fingerprint density at radius 2 is 0.763 bits per heavy atom. The summed E-state index contributed by atoms with van der Waals surface area (Å²) in [5.41, 5.74) is 4.81. The number of rotatable bonds is 40. The molecule has 1 N–H and O–H groups in total. The molecule has 0 radical (unpaired) electrons. The predicted molar refractivity (Wildman–Crippen MR) is 226 cm³/mol. The number of benzene rings is 2. The molecule has 2 aromatic carbocycles. The van der Waals surface area contributed by atoms with E-state index < -0.39 is 14.4 Å². The second-order valence-electron chi connectivity index (χ2n) is 14.3. The number of carbonyl (C=O) groups excluding carboxylic acids is 1. The minimum Gasteiger partial charge on any atom is -0.449 e. The van der Waals surface area contributed by atoms with Crippen molar-refractivity contribution in [2.75, 3.05) is 165 Å². The van der Waals surface area contributed by atoms with E-state index in [0.29, 0.717) is 172 Å². The van der Waals surface area contributed by atoms with Crippen molar-refractivity contribution in [2.45, 2.75) is 32.0 Å². The van der Waals surface area contributed by atoms with Crippen LogP contribution in [0.1, 0.15) is 23.5 Å². The van der Waals surface area contributed by atoms with Gasteiger partial charge >= 0.3 is 6.09 Å². The second-order valence-corrected chi connectivity index (χ2v) is 18.8. The summed E-state index contributed by atoms with van der Waals surface area (Å²) in [5.74, 6) is 0.0484. The smallest absolute Gasteiger partial charge is 0.407 e. The van der Waals surface area contributed by atoms with Gasteiger partial charge in [-0.2, -0.15) is 0 Å². The predicted octanol–water partition coefficient (Wildman–Crippen LogP) is 4.95. The highest BCUT2D eigenvalue weighted by Gasteiger charge is 2.29. The summed E-state index contributed by atoms with van der Waals surface area (Å²) >= 11 is 0. The summed E-state index contributed by atoms with van der Waals surface area (Å²) in [7, 11) is -1.46. The van der Waals surface area contributed by atoms with E-state index in [1.165, 1.54) is 22.3 Å². The third kappa shape index (κ3) is 25.7. The molecule has 0 bridgehead atoms. The normalized spacial score (nSPS) is 12.5. The monoisotopic (exact) mass is 853 g/mol. The maximum atomic E-state index is 12.3. The van der Waals surface area contributed by atoms with Crippen LogP contribution in [-0.4, -0.2) is 180 Å². The maximum absolute atomic E-state index is 12.3. The molecule has 3 rings (SSSR count). The molecule has 0 heterocycles. The highest BCUT2D eigenvalue weighted by molar-refractivity contribution is 6.69. The molecule has 2 aromatic rings. The van der Waals surface area contributed by atoms with E-state index in [1.54, 1.807) is 0 Å². The van der Waals surface area contributed by atoms with Gasteiger partial charge in [-0.15, -0.1) is 0 Å². The summed E-state index contributed by atoms with van der Waals surface area (Å²) in [6, 6.07) is 16.6. The van der Waals surface area contributed by atoms with Gasteiger partial charge in [0.05, 0.1) is 145 Å². The van der Waals surface area contributed by atoms with Gasteiger partial charge in [0.1, 0.15) is 6.61 Å². The van der Waals surface area contributed by atoms with Crippen molar-refractivity contribution < 1.29 is 66.1 Å². The lowest BCUT2D eigenvalue weighted by molar-refractivity contribution is -0.0277. The first kappa shape index (κ1) is 50.8. The van der Waals surface area contributed by atoms with Crippen molar-refractivity contribution in [3.05, 3.63) is 59.7 Å². The zero-order valence-electron chi connectivity index (χ0n) is 35.8. The van der Waals surface area contributed by atoms with Crippen molar-refractivity contribution in [2.24, 2.45) is 0 Å². The Bertz CT molecular complexity index is 1270. The van der Waals surface area contributed by atoms with Crippen LogP contribution in [0.2, 0.25) is 19.6 Å². The number of nitrogens with one attached hydrogen (secondary N) is 1. The molecule has 336 valence electrons. The largest absolute Gasteiger partial charge is 0.449 e. The zero-order valence-corrected chi connectivity index (χ0v) is 36.8. The first-order chi connectivity index (χ1) is 29.0. The Morgan fingerprint density at radius 3 is 1.10 bits per heavy atom. The number of alkyl carbamates (subject to hydrolysis) is 1. The Labute approximate surface area is 352 Å². The number of ether oxygens (including phenoxy) is 12. The molecule has 0 saturated heterocycles. The van der Waals surface area contributed by atoms with Gasteiger partial charge in [-0.1, -0.05) is 48.5 Å². The lowest BCUT2D eigenvalue weighted by Gasteiger charge is -2.16. The average Bonchev–Trinajstić information content (AvgIpc) is 3.55. The highest BCUT2D eigenvalue weighted by Crippen LogP contribution is 2.44. The first-order valence-corrected chi connectivity index (χ1v) is 24.4. The van der Waals surface area contributed by atoms with E-state index in [2.05, 4.69) is 49.2 Å². The van der Waals surface area contributed by atoms with E-state index in [9.17, 15) is 4.79 Å². The summed E-state index contributed by atoms with van der Waals surface area (Å²) < 4.78 is 71.9. The van der Waals surface area contributed by atoms with Crippen molar-refractivity contribution in [3.8, 4) is 11.1 Å². The Hall–Kier alpha value is -2.55. The lowest BCUT2D eigenvalue weighted by atomic mass is 9.98. The Balaban J connectivity index is 0.926. The summed E-state index contributed by atoms with van der Waals surface area (Å²) in [5, 5.41) is 2.81. The molecule has 1 amide bonds. The maximum Gasteiger partial charge on any atom is 0.407 e. The van der Waals surface area contributed by atoms with Crippen LogP contribution >= 0.6 is 0 Å². The average molecular weight is 854 g/mol. The van der Waals surface area contributed by atoms with E-state index in [-0.39, 0.29) is 5.92 Å². The highest BCUT2D eigenvalue weighted by atomic mass is 28.4. The lowest BCUT2D eigenvalue weighted by Crippen LogP contribution is -2.27. The first-order valence-electron chi connectivity index (χ1n) is 21.0. The van der Waals surface area contributed by atoms with Gasteiger partial charge in [0.2, 0.25) is 0 Å². The van der Waals surface area contributed by atoms with E-state index in [0.717, 1.165) is 0 Å². The van der Waals surface area contributed by atoms with Crippen LogP contribution < -0.4 is 5.32 Å². The number of fused-ring (bicyclic) bond motifs is 3. The van der Waals surface area contributed by atoms with E-state index >= 15 is 0 Å². The molecule has 0 aliphatic heterocycles. The van der Waals surface area contributed by atoms with Crippen LogP contribution in [0.3, 0.4) is 0 Å². The van der Waals surface area contributed by atoms with Crippen LogP contribution in [0, 0.1) is 0 Å². The van der Waals surface area contributed by atoms with Gasteiger partial charge in [0.25, 0.3) is 0 Å². The molecular weight excluding hydrogens is 783 g/mol. The molecule has 0 fully saturated rings. The standard InChI is InChI=1S/C43H71NO14Si/c1-59(2,3)58-36-35-56-34-33-55-32-31-54-30-29-53-28-27-52-26-25-51-24-23-50-22-21-49-20-19-48-18-17-47-16-15-46-14-8-13-44-43(45)57-37-42-40-11-6-4-9-38(40)39-10-5-7-12-41(39)42/h4-7,9-12,42H,8,13-37H2,1-3H3,(H,44,45). The topological polar surface area (TPSA) is 149 Å². The molecule has 15 nitrogen and oxygen atoms in total. The SMILES string of the molecule is C[Si](C)(C)OCCOCCOCCOCCOCCOCCOCCOCCOCCOCCOCCOCCCNC(=O)OCC1c2ccccc2-c2ccccc21. The Kier molecular flexibility index (Phi) is 29.3. The molecule has 1 aliphatic carbocycles. The molecule has 0 atom stereocenters. The zero-order chi connectivity index (χ0) is 41.9. The van der Waals surface area contributed by atoms with Crippen LogP contribution in [0.5, 0.6) is 0 Å². The summed E-state index contributed by atoms with van der Waals surface area (Å²) in [4.78, 5) is 12.3. The van der Waals surface area contributed by atoms with Crippen LogP contribution in [0.4, 0.5) is 4.79 Å². The van der Waals surface area contributed by atoms with Crippen LogP contribution in [-0.2, 0) is 61.3 Å².